The van der Waals surface area contributed by atoms with E-state index in [4.69, 9.17) is 37.8 Å². The van der Waals surface area contributed by atoms with Gasteiger partial charge in [-0.2, -0.15) is 0 Å². The van der Waals surface area contributed by atoms with E-state index >= 15 is 0 Å². The van der Waals surface area contributed by atoms with Crippen LogP contribution in [0.5, 0.6) is 0 Å². The molecular formula is C58H84N10O7. The number of ketones is 2. The second-order valence-electron chi connectivity index (χ2n) is 23.4. The first-order valence-electron chi connectivity index (χ1n) is 25.0. The van der Waals surface area contributed by atoms with Gasteiger partial charge in [0.05, 0.1) is 29.9 Å². The van der Waals surface area contributed by atoms with E-state index in [2.05, 4.69) is 42.5 Å². The fraction of sp³-hybridized carbons (Fsp3) is 0.638. The van der Waals surface area contributed by atoms with Crippen molar-refractivity contribution in [3.05, 3.63) is 134 Å². The zero-order valence-corrected chi connectivity index (χ0v) is 45.0. The molecular weight excluding hydrogens is 949 g/mol. The topological polar surface area (TPSA) is 206 Å². The minimum absolute atomic E-state index is 0. The largest absolute Gasteiger partial charge is 0.361 e. The fourth-order valence-electron chi connectivity index (χ4n) is 14.3. The molecule has 0 saturated heterocycles. The van der Waals surface area contributed by atoms with E-state index in [1.807, 2.05) is 68.6 Å². The Kier molecular flexibility index (Phi) is 17.3. The van der Waals surface area contributed by atoms with E-state index in [-0.39, 0.29) is 78.9 Å². The van der Waals surface area contributed by atoms with Gasteiger partial charge in [0.25, 0.3) is 22.7 Å². The van der Waals surface area contributed by atoms with Crippen LogP contribution in [0.1, 0.15) is 173 Å². The van der Waals surface area contributed by atoms with Crippen molar-refractivity contribution in [3.8, 4) is 0 Å². The van der Waals surface area contributed by atoms with Crippen molar-refractivity contribution in [2.45, 2.75) is 184 Å². The van der Waals surface area contributed by atoms with Crippen LogP contribution in [0.2, 0.25) is 0 Å². The summed E-state index contributed by atoms with van der Waals surface area (Å²) in [7, 11) is 6.71. The number of fused-ring (bicyclic) bond motifs is 10. The lowest BCUT2D eigenvalue weighted by Crippen LogP contribution is -2.58. The van der Waals surface area contributed by atoms with E-state index in [1.54, 1.807) is 39.4 Å². The molecule has 4 aromatic rings. The smallest absolute Gasteiger partial charge is 0.282 e. The molecule has 4 aromatic heterocycles. The number of Topliss-reactive ketones (excluding diaryl/α,β-unsaturated/α-hetero) is 2. The van der Waals surface area contributed by atoms with Crippen LogP contribution in [0.3, 0.4) is 0 Å². The van der Waals surface area contributed by atoms with Gasteiger partial charge in [0, 0.05) is 89.4 Å². The van der Waals surface area contributed by atoms with Crippen LogP contribution in [0.4, 0.5) is 0 Å². The summed E-state index contributed by atoms with van der Waals surface area (Å²) in [6.45, 7) is 38.9. The van der Waals surface area contributed by atoms with Gasteiger partial charge in [-0.25, -0.2) is 31.8 Å². The average molecular weight is 1030 g/mol. The molecule has 2 N–H and O–H groups in total. The first-order chi connectivity index (χ1) is 33.5. The number of allylic oxidation sites excluding steroid dienone is 2. The summed E-state index contributed by atoms with van der Waals surface area (Å²) in [5.41, 5.74) is 5.76. The summed E-state index contributed by atoms with van der Waals surface area (Å²) in [6.07, 6.45) is 9.52. The van der Waals surface area contributed by atoms with Crippen molar-refractivity contribution < 1.29 is 19.3 Å². The maximum absolute atomic E-state index is 12.7. The molecule has 0 aliphatic heterocycles. The molecule has 10 rings (SSSR count). The van der Waals surface area contributed by atoms with Gasteiger partial charge in [0.15, 0.2) is 5.78 Å². The molecule has 7 atom stereocenters. The number of aryl methyl sites for hydroxylation is 3. The fourth-order valence-corrected chi connectivity index (χ4v) is 14.3. The van der Waals surface area contributed by atoms with Crippen molar-refractivity contribution in [1.82, 2.24) is 39.3 Å². The Morgan fingerprint density at radius 2 is 1.07 bits per heavy atom. The lowest BCUT2D eigenvalue weighted by atomic mass is 9.50. The summed E-state index contributed by atoms with van der Waals surface area (Å²) in [5.74, 6) is 3.62. The monoisotopic (exact) mass is 1030 g/mol. The van der Waals surface area contributed by atoms with Gasteiger partial charge in [0.1, 0.15) is 23.2 Å². The van der Waals surface area contributed by atoms with Gasteiger partial charge in [-0.3, -0.25) is 32.9 Å². The Morgan fingerprint density at radius 1 is 0.653 bits per heavy atom. The second kappa shape index (κ2) is 21.1. The Bertz CT molecular complexity index is 3210. The Labute approximate surface area is 444 Å². The van der Waals surface area contributed by atoms with Gasteiger partial charge >= 0.3 is 0 Å². The molecule has 0 amide bonds. The normalized spacial score (nSPS) is 27.3. The van der Waals surface area contributed by atoms with Crippen LogP contribution in [0.25, 0.3) is 9.69 Å². The highest BCUT2D eigenvalue weighted by Gasteiger charge is 2.61. The summed E-state index contributed by atoms with van der Waals surface area (Å²) in [5, 5.41) is 11.4. The number of aromatic nitrogens is 7. The highest BCUT2D eigenvalue weighted by Crippen LogP contribution is 2.57. The zero-order chi connectivity index (χ0) is 53.6. The minimum atomic E-state index is -0.636. The Morgan fingerprint density at radius 3 is 1.52 bits per heavy atom. The zero-order valence-electron chi connectivity index (χ0n) is 45.0. The van der Waals surface area contributed by atoms with Crippen molar-refractivity contribution in [1.29, 1.82) is 0 Å². The number of carbonyl (C=O) groups excluding carboxylic acids is 2. The minimum Gasteiger partial charge on any atom is -0.361 e. The first kappa shape index (κ1) is 61.4. The first-order valence-corrected chi connectivity index (χ1v) is 25.0. The number of nitrogens with zero attached hydrogens (tertiary/aromatic N) is 9. The third-order valence-corrected chi connectivity index (χ3v) is 18.2. The van der Waals surface area contributed by atoms with Crippen molar-refractivity contribution >= 4 is 11.6 Å². The maximum atomic E-state index is 12.7. The number of carbonyl (C=O) groups is 2. The van der Waals surface area contributed by atoms with Crippen LogP contribution in [0, 0.1) is 62.5 Å². The summed E-state index contributed by atoms with van der Waals surface area (Å²) in [6, 6.07) is -0.636. The van der Waals surface area contributed by atoms with Crippen LogP contribution >= 0.6 is 0 Å². The van der Waals surface area contributed by atoms with E-state index in [1.165, 1.54) is 7.05 Å². The molecule has 1 unspecified atom stereocenters. The molecule has 0 radical (unpaired) electrons. The van der Waals surface area contributed by atoms with E-state index in [0.29, 0.717) is 36.8 Å². The summed E-state index contributed by atoms with van der Waals surface area (Å²) in [4.78, 5) is 84.5. The molecule has 0 bridgehead atoms. The van der Waals surface area contributed by atoms with E-state index < -0.39 is 27.7 Å². The number of nitrogens with one attached hydrogen (secondary N) is 1. The molecule has 408 valence electrons. The lowest BCUT2D eigenvalue weighted by molar-refractivity contribution is -0.137. The maximum Gasteiger partial charge on any atom is 0.282 e. The van der Waals surface area contributed by atoms with Gasteiger partial charge in [0.2, 0.25) is 11.5 Å². The molecule has 75 heavy (non-hydrogen) atoms. The van der Waals surface area contributed by atoms with Crippen molar-refractivity contribution in [2.75, 3.05) is 7.05 Å². The van der Waals surface area contributed by atoms with Gasteiger partial charge < -0.3 is 19.4 Å². The highest BCUT2D eigenvalue weighted by molar-refractivity contribution is 6.02. The van der Waals surface area contributed by atoms with Crippen LogP contribution in [0.15, 0.2) is 36.9 Å². The van der Waals surface area contributed by atoms with E-state index in [0.717, 1.165) is 83.0 Å². The predicted molar refractivity (Wildman–Crippen MR) is 292 cm³/mol. The Hall–Kier alpha value is -6.17. The third-order valence-electron chi connectivity index (χ3n) is 18.2. The van der Waals surface area contributed by atoms with Crippen molar-refractivity contribution in [2.24, 2.45) is 49.7 Å². The summed E-state index contributed by atoms with van der Waals surface area (Å²) < 4.78 is 10.4. The molecule has 0 aromatic carbocycles. The molecule has 1 fully saturated rings. The van der Waals surface area contributed by atoms with Crippen LogP contribution < -0.4 is 22.2 Å². The highest BCUT2D eigenvalue weighted by atomic mass is 16.5. The van der Waals surface area contributed by atoms with Crippen molar-refractivity contribution in [3.63, 3.8) is 0 Å². The molecule has 17 nitrogen and oxygen atoms in total. The molecule has 4 heterocycles. The number of hydroxylamine groups is 1. The Balaban J connectivity index is 0.000000232. The van der Waals surface area contributed by atoms with Gasteiger partial charge in [-0.1, -0.05) is 95.8 Å². The number of hydrogen-bond acceptors (Lipinski definition) is 12. The van der Waals surface area contributed by atoms with Crippen LogP contribution in [-0.2, 0) is 78.1 Å². The molecule has 0 spiro atoms. The predicted octanol–water partition coefficient (Wildman–Crippen LogP) is 8.45. The SMILES string of the molecule is C.C.C.CNO.Cc1nc2c(c(=O)n1C)CC[C@H]1C(C)(C)c3oncc3C[C@]21C.[C-]#[N+]C1=C[C@]2(C)c3nc(C)n(C)c(=O)c3CC[C@H]2C(C)(C)C1=O.[C-]#[N+]C1C[C@]2(C)c3nc(C)n(C)c(=O)c3CC[C@H]2C(C)(C)C1=O. The quantitative estimate of drug-likeness (QED) is 0.126. The van der Waals surface area contributed by atoms with Gasteiger partial charge in [-0.15, -0.1) is 0 Å². The molecule has 6 aliphatic carbocycles. The number of rotatable bonds is 0. The molecule has 17 heteroatoms. The lowest BCUT2D eigenvalue weighted by Gasteiger charge is -2.52. The van der Waals surface area contributed by atoms with Gasteiger partial charge in [-0.05, 0) is 83.5 Å². The number of hydrogen-bond donors (Lipinski definition) is 2. The van der Waals surface area contributed by atoms with Crippen LogP contribution in [-0.4, -0.2) is 63.7 Å². The standard InChI is InChI=1S/2C18H23N3O2.C18H21N3O2.CH5NO.3CH4/c1-10-20-14-12(16(22)21(10)5)6-7-13-17(2,3)15-11(9-19-23-15)8-18(13,14)4;2*1-10-20-14-11(16(23)21(10)6)7-8-13-17(2,3)15(22)12(19-5)9-18(13,14)4;1-2-3;;;/h9,13H,6-8H2,1-5H3;12-13H,7-9H2,1-4,6H3;9,13H,7-8H2,1-4,6H3;2-3H,1H3;3*1H4/t13-,18-;12?,13-,18-;13-,18-;;;;/m000..../s1. The second-order valence-corrected chi connectivity index (χ2v) is 23.4. The third kappa shape index (κ3) is 9.30. The molecule has 6 aliphatic rings. The molecule has 1 saturated carbocycles. The van der Waals surface area contributed by atoms with E-state index in [9.17, 15) is 24.0 Å². The summed E-state index contributed by atoms with van der Waals surface area (Å²) >= 11 is 0. The average Bonchev–Trinajstić information content (AvgIpc) is 3.80.